The second-order valence-corrected chi connectivity index (χ2v) is 5.59. The summed E-state index contributed by atoms with van der Waals surface area (Å²) in [6.07, 6.45) is 5.98. The monoisotopic (exact) mass is 282 g/mol. The minimum atomic E-state index is 0.310. The van der Waals surface area contributed by atoms with E-state index in [2.05, 4.69) is 40.6 Å². The van der Waals surface area contributed by atoms with E-state index in [1.54, 1.807) is 6.20 Å². The maximum absolute atomic E-state index is 5.58. The average Bonchev–Trinajstić information content (AvgIpc) is 2.92. The maximum Gasteiger partial charge on any atom is 0.137 e. The Bertz CT molecular complexity index is 587. The number of benzene rings is 1. The van der Waals surface area contributed by atoms with Crippen LogP contribution in [-0.4, -0.2) is 18.6 Å². The molecule has 1 aromatic heterocycles. The minimum absolute atomic E-state index is 0.310. The Labute approximate surface area is 126 Å². The predicted octanol–water partition coefficient (Wildman–Crippen LogP) is 3.16. The Morgan fingerprint density at radius 2 is 1.95 bits per heavy atom. The number of nitrogens with one attached hydrogen (secondary N) is 1. The molecule has 3 nitrogen and oxygen atoms in total. The lowest BCUT2D eigenvalue weighted by Gasteiger charge is -2.23. The van der Waals surface area contributed by atoms with Gasteiger partial charge in [0.15, 0.2) is 0 Å². The molecule has 0 aliphatic heterocycles. The summed E-state index contributed by atoms with van der Waals surface area (Å²) in [5.74, 6) is 1.43. The largest absolute Gasteiger partial charge is 0.492 e. The summed E-state index contributed by atoms with van der Waals surface area (Å²) in [4.78, 5) is 4.33. The van der Waals surface area contributed by atoms with E-state index < -0.39 is 0 Å². The molecule has 2 aromatic rings. The second kappa shape index (κ2) is 6.27. The van der Waals surface area contributed by atoms with E-state index in [4.69, 9.17) is 4.74 Å². The molecule has 1 aliphatic carbocycles. The molecular formula is C18H22N2O. The third kappa shape index (κ3) is 2.93. The van der Waals surface area contributed by atoms with Crippen LogP contribution in [0.5, 0.6) is 5.75 Å². The molecule has 3 rings (SSSR count). The molecule has 21 heavy (non-hydrogen) atoms. The van der Waals surface area contributed by atoms with Crippen molar-refractivity contribution in [3.05, 3.63) is 59.4 Å². The Kier molecular flexibility index (Phi) is 4.20. The molecule has 1 aromatic carbocycles. The Balaban J connectivity index is 1.82. The van der Waals surface area contributed by atoms with Crippen LogP contribution in [-0.2, 0) is 12.8 Å². The topological polar surface area (TPSA) is 34.1 Å². The Morgan fingerprint density at radius 1 is 1.24 bits per heavy atom. The van der Waals surface area contributed by atoms with E-state index in [-0.39, 0.29) is 0 Å². The van der Waals surface area contributed by atoms with Crippen molar-refractivity contribution in [1.29, 1.82) is 0 Å². The van der Waals surface area contributed by atoms with E-state index in [9.17, 15) is 0 Å². The smallest absolute Gasteiger partial charge is 0.137 e. The fraction of sp³-hybridized carbons (Fsp3) is 0.389. The Morgan fingerprint density at radius 3 is 2.57 bits per heavy atom. The van der Waals surface area contributed by atoms with E-state index in [1.165, 1.54) is 16.7 Å². The Hall–Kier alpha value is -1.87. The molecule has 0 spiro atoms. The maximum atomic E-state index is 5.58. The van der Waals surface area contributed by atoms with Gasteiger partial charge in [-0.1, -0.05) is 24.3 Å². The number of nitrogens with zero attached hydrogens (tertiary/aromatic N) is 1. The van der Waals surface area contributed by atoms with Gasteiger partial charge in [0.2, 0.25) is 0 Å². The van der Waals surface area contributed by atoms with E-state index in [1.807, 2.05) is 20.2 Å². The first-order valence-electron chi connectivity index (χ1n) is 7.63. The molecule has 1 heterocycles. The number of pyridine rings is 1. The zero-order valence-electron chi connectivity index (χ0n) is 12.7. The summed E-state index contributed by atoms with van der Waals surface area (Å²) >= 11 is 0. The predicted molar refractivity (Wildman–Crippen MR) is 84.5 cm³/mol. The van der Waals surface area contributed by atoms with Gasteiger partial charge in [-0.2, -0.15) is 0 Å². The van der Waals surface area contributed by atoms with Crippen molar-refractivity contribution in [2.45, 2.75) is 25.8 Å². The average molecular weight is 282 g/mol. The van der Waals surface area contributed by atoms with Gasteiger partial charge in [0.05, 0.1) is 12.8 Å². The van der Waals surface area contributed by atoms with Gasteiger partial charge in [-0.05, 0) is 55.5 Å². The number of hydrogen-bond donors (Lipinski definition) is 1. The van der Waals surface area contributed by atoms with Crippen LogP contribution in [0.1, 0.15) is 29.7 Å². The van der Waals surface area contributed by atoms with Gasteiger partial charge < -0.3 is 10.1 Å². The molecule has 3 heteroatoms. The first-order valence-corrected chi connectivity index (χ1v) is 7.63. The number of fused-ring (bicyclic) bond motifs is 1. The fourth-order valence-corrected chi connectivity index (χ4v) is 3.35. The molecule has 1 unspecified atom stereocenters. The quantitative estimate of drug-likeness (QED) is 0.914. The lowest BCUT2D eigenvalue weighted by molar-refractivity contribution is 0.336. The molecule has 1 N–H and O–H groups in total. The number of ether oxygens (including phenoxy) is 1. The van der Waals surface area contributed by atoms with Crippen LogP contribution < -0.4 is 10.1 Å². The molecule has 0 fully saturated rings. The molecule has 0 saturated carbocycles. The molecule has 0 saturated heterocycles. The molecule has 0 radical (unpaired) electrons. The van der Waals surface area contributed by atoms with Crippen LogP contribution in [0.15, 0.2) is 42.7 Å². The van der Waals surface area contributed by atoms with Crippen molar-refractivity contribution < 1.29 is 4.74 Å². The third-order valence-corrected chi connectivity index (χ3v) is 4.27. The molecule has 110 valence electrons. The minimum Gasteiger partial charge on any atom is -0.492 e. The zero-order valence-corrected chi connectivity index (χ0v) is 12.7. The van der Waals surface area contributed by atoms with Crippen molar-refractivity contribution in [2.24, 2.45) is 5.92 Å². The fourth-order valence-electron chi connectivity index (χ4n) is 3.35. The summed E-state index contributed by atoms with van der Waals surface area (Å²) in [6.45, 7) is 2.67. The van der Waals surface area contributed by atoms with Crippen LogP contribution in [0.3, 0.4) is 0 Å². The number of hydrogen-bond acceptors (Lipinski definition) is 3. The zero-order chi connectivity index (χ0) is 14.7. The van der Waals surface area contributed by atoms with Crippen LogP contribution in [0.4, 0.5) is 0 Å². The van der Waals surface area contributed by atoms with Crippen molar-refractivity contribution in [3.8, 4) is 5.75 Å². The van der Waals surface area contributed by atoms with E-state index in [0.717, 1.165) is 18.6 Å². The third-order valence-electron chi connectivity index (χ3n) is 4.27. The molecule has 0 amide bonds. The summed E-state index contributed by atoms with van der Waals surface area (Å²) in [7, 11) is 2.03. The molecule has 1 aliphatic rings. The van der Waals surface area contributed by atoms with Crippen molar-refractivity contribution in [2.75, 3.05) is 13.7 Å². The van der Waals surface area contributed by atoms with Crippen LogP contribution >= 0.6 is 0 Å². The summed E-state index contributed by atoms with van der Waals surface area (Å²) in [6, 6.07) is 11.2. The van der Waals surface area contributed by atoms with Crippen molar-refractivity contribution in [3.63, 3.8) is 0 Å². The summed E-state index contributed by atoms with van der Waals surface area (Å²) in [5, 5.41) is 3.47. The highest BCUT2D eigenvalue weighted by molar-refractivity contribution is 5.35. The van der Waals surface area contributed by atoms with Gasteiger partial charge >= 0.3 is 0 Å². The highest BCUT2D eigenvalue weighted by atomic mass is 16.5. The number of rotatable bonds is 5. The normalized spacial score (nSPS) is 15.7. The molecule has 1 atom stereocenters. The van der Waals surface area contributed by atoms with Gasteiger partial charge in [0, 0.05) is 12.2 Å². The van der Waals surface area contributed by atoms with Crippen LogP contribution in [0.25, 0.3) is 0 Å². The van der Waals surface area contributed by atoms with E-state index >= 15 is 0 Å². The summed E-state index contributed by atoms with van der Waals surface area (Å²) < 4.78 is 5.58. The molecular weight excluding hydrogens is 260 g/mol. The van der Waals surface area contributed by atoms with Gasteiger partial charge in [0.25, 0.3) is 0 Å². The van der Waals surface area contributed by atoms with Crippen molar-refractivity contribution >= 4 is 0 Å². The SMILES string of the molecule is CCOc1cncc(C(NC)C2Cc3ccccc3C2)c1. The van der Waals surface area contributed by atoms with Gasteiger partial charge in [-0.25, -0.2) is 0 Å². The molecule has 0 bridgehead atoms. The van der Waals surface area contributed by atoms with Crippen LogP contribution in [0, 0.1) is 5.92 Å². The van der Waals surface area contributed by atoms with Gasteiger partial charge in [-0.3, -0.25) is 4.98 Å². The number of aromatic nitrogens is 1. The lowest BCUT2D eigenvalue weighted by atomic mass is 9.91. The van der Waals surface area contributed by atoms with Crippen LogP contribution in [0.2, 0.25) is 0 Å². The first-order chi connectivity index (χ1) is 10.3. The second-order valence-electron chi connectivity index (χ2n) is 5.59. The first kappa shape index (κ1) is 14.1. The summed E-state index contributed by atoms with van der Waals surface area (Å²) in [5.41, 5.74) is 4.18. The van der Waals surface area contributed by atoms with Gasteiger partial charge in [0.1, 0.15) is 5.75 Å². The van der Waals surface area contributed by atoms with E-state index in [0.29, 0.717) is 18.6 Å². The highest BCUT2D eigenvalue weighted by Crippen LogP contribution is 2.35. The standard InChI is InChI=1S/C18H22N2O/c1-3-21-17-10-16(11-20-12-17)18(19-2)15-8-13-6-4-5-7-14(13)9-15/h4-7,10-12,15,18-19H,3,8-9H2,1-2H3. The van der Waals surface area contributed by atoms with Crippen molar-refractivity contribution in [1.82, 2.24) is 10.3 Å². The van der Waals surface area contributed by atoms with Gasteiger partial charge in [-0.15, -0.1) is 0 Å². The highest BCUT2D eigenvalue weighted by Gasteiger charge is 2.28. The lowest BCUT2D eigenvalue weighted by Crippen LogP contribution is -2.26.